The average Bonchev–Trinajstić information content (AvgIpc) is 2.69. The second kappa shape index (κ2) is 8.83. The molecule has 0 bridgehead atoms. The van der Waals surface area contributed by atoms with Crippen LogP contribution in [0.4, 0.5) is 5.69 Å². The van der Waals surface area contributed by atoms with Gasteiger partial charge in [0.2, 0.25) is 5.91 Å². The van der Waals surface area contributed by atoms with Crippen LogP contribution in [0, 0.1) is 12.8 Å². The molecule has 1 aliphatic heterocycles. The van der Waals surface area contributed by atoms with Gasteiger partial charge in [0.15, 0.2) is 0 Å². The number of carbonyl (C=O) groups excluding carboxylic acids is 1. The normalized spacial score (nSPS) is 16.1. The van der Waals surface area contributed by atoms with Gasteiger partial charge in [0.05, 0.1) is 6.04 Å². The summed E-state index contributed by atoms with van der Waals surface area (Å²) in [7, 11) is 0. The number of hydrogen-bond donors (Lipinski definition) is 2. The molecule has 1 aliphatic rings. The summed E-state index contributed by atoms with van der Waals surface area (Å²) in [6, 6.07) is 15.2. The van der Waals surface area contributed by atoms with Crippen molar-refractivity contribution in [2.24, 2.45) is 11.7 Å². The Bertz CT molecular complexity index is 727. The molecule has 138 valence electrons. The van der Waals surface area contributed by atoms with Crippen molar-refractivity contribution in [2.45, 2.75) is 32.4 Å². The lowest BCUT2D eigenvalue weighted by Crippen LogP contribution is -2.44. The first-order chi connectivity index (χ1) is 12.6. The third-order valence-corrected chi connectivity index (χ3v) is 4.78. The van der Waals surface area contributed by atoms with E-state index in [-0.39, 0.29) is 11.8 Å². The first-order valence-electron chi connectivity index (χ1n) is 9.05. The quantitative estimate of drug-likeness (QED) is 0.835. The zero-order valence-corrected chi connectivity index (χ0v) is 15.1. The number of rotatable bonds is 6. The fourth-order valence-corrected chi connectivity index (χ4v) is 3.11. The number of nitrogens with one attached hydrogen (secondary N) is 1. The second-order valence-electron chi connectivity index (χ2n) is 6.72. The van der Waals surface area contributed by atoms with Crippen LogP contribution in [0.15, 0.2) is 48.5 Å². The van der Waals surface area contributed by atoms with Gasteiger partial charge >= 0.3 is 0 Å². The maximum absolute atomic E-state index is 12.5. The number of hydrogen-bond acceptors (Lipinski definition) is 4. The number of ether oxygens (including phenoxy) is 2. The SMILES string of the molecule is Cc1cc(OCc2ccccc2)ccc1NC(=O)C(N)C1CCOCC1. The summed E-state index contributed by atoms with van der Waals surface area (Å²) >= 11 is 0. The molecule has 2 aromatic carbocycles. The summed E-state index contributed by atoms with van der Waals surface area (Å²) in [4.78, 5) is 12.5. The van der Waals surface area contributed by atoms with Crippen LogP contribution in [0.3, 0.4) is 0 Å². The number of benzene rings is 2. The average molecular weight is 354 g/mol. The topological polar surface area (TPSA) is 73.6 Å². The standard InChI is InChI=1S/C21H26N2O3/c1-15-13-18(26-14-16-5-3-2-4-6-16)7-8-19(15)23-21(24)20(22)17-9-11-25-12-10-17/h2-8,13,17,20H,9-12,14,22H2,1H3,(H,23,24). The first-order valence-corrected chi connectivity index (χ1v) is 9.05. The van der Waals surface area contributed by atoms with E-state index in [9.17, 15) is 4.79 Å². The Kier molecular flexibility index (Phi) is 6.26. The highest BCUT2D eigenvalue weighted by atomic mass is 16.5. The molecule has 0 spiro atoms. The molecule has 0 aromatic heterocycles. The van der Waals surface area contributed by atoms with Gasteiger partial charge in [0, 0.05) is 18.9 Å². The van der Waals surface area contributed by atoms with Gasteiger partial charge in [-0.05, 0) is 55.0 Å². The van der Waals surface area contributed by atoms with Gasteiger partial charge < -0.3 is 20.5 Å². The number of anilines is 1. The van der Waals surface area contributed by atoms with E-state index in [0.717, 1.165) is 35.4 Å². The number of carbonyl (C=O) groups is 1. The van der Waals surface area contributed by atoms with E-state index in [0.29, 0.717) is 19.8 Å². The van der Waals surface area contributed by atoms with Gasteiger partial charge in [-0.3, -0.25) is 4.79 Å². The minimum atomic E-state index is -0.507. The van der Waals surface area contributed by atoms with Crippen molar-refractivity contribution >= 4 is 11.6 Å². The highest BCUT2D eigenvalue weighted by molar-refractivity contribution is 5.95. The lowest BCUT2D eigenvalue weighted by Gasteiger charge is -2.27. The largest absolute Gasteiger partial charge is 0.489 e. The smallest absolute Gasteiger partial charge is 0.241 e. The molecule has 0 saturated carbocycles. The van der Waals surface area contributed by atoms with E-state index in [1.807, 2.05) is 55.5 Å². The Labute approximate surface area is 154 Å². The van der Waals surface area contributed by atoms with Gasteiger partial charge in [0.1, 0.15) is 12.4 Å². The van der Waals surface area contributed by atoms with Crippen molar-refractivity contribution in [2.75, 3.05) is 18.5 Å². The van der Waals surface area contributed by atoms with Crippen LogP contribution >= 0.6 is 0 Å². The Morgan fingerprint density at radius 1 is 1.23 bits per heavy atom. The molecule has 3 N–H and O–H groups in total. The highest BCUT2D eigenvalue weighted by Gasteiger charge is 2.26. The second-order valence-corrected chi connectivity index (χ2v) is 6.72. The zero-order valence-electron chi connectivity index (χ0n) is 15.1. The van der Waals surface area contributed by atoms with Crippen LogP contribution in [0.5, 0.6) is 5.75 Å². The van der Waals surface area contributed by atoms with Crippen LogP contribution in [-0.2, 0) is 16.1 Å². The van der Waals surface area contributed by atoms with E-state index in [4.69, 9.17) is 15.2 Å². The molecular formula is C21H26N2O3. The zero-order chi connectivity index (χ0) is 18.4. The summed E-state index contributed by atoms with van der Waals surface area (Å²) < 4.78 is 11.2. The summed E-state index contributed by atoms with van der Waals surface area (Å²) in [5.74, 6) is 0.813. The third kappa shape index (κ3) is 4.84. The van der Waals surface area contributed by atoms with Crippen LogP contribution in [-0.4, -0.2) is 25.2 Å². The summed E-state index contributed by atoms with van der Waals surface area (Å²) in [5.41, 5.74) is 8.97. The van der Waals surface area contributed by atoms with Crippen molar-refractivity contribution in [3.63, 3.8) is 0 Å². The number of amides is 1. The first kappa shape index (κ1) is 18.4. The van der Waals surface area contributed by atoms with Gasteiger partial charge in [-0.1, -0.05) is 30.3 Å². The van der Waals surface area contributed by atoms with Crippen molar-refractivity contribution in [3.8, 4) is 5.75 Å². The predicted molar refractivity (Wildman–Crippen MR) is 102 cm³/mol. The van der Waals surface area contributed by atoms with E-state index in [1.54, 1.807) is 0 Å². The van der Waals surface area contributed by atoms with Crippen LogP contribution in [0.1, 0.15) is 24.0 Å². The van der Waals surface area contributed by atoms with Crippen LogP contribution in [0.2, 0.25) is 0 Å². The molecule has 1 heterocycles. The number of aryl methyl sites for hydroxylation is 1. The van der Waals surface area contributed by atoms with Gasteiger partial charge in [-0.25, -0.2) is 0 Å². The molecule has 2 aromatic rings. The molecule has 5 heteroatoms. The lowest BCUT2D eigenvalue weighted by atomic mass is 9.92. The summed E-state index contributed by atoms with van der Waals surface area (Å²) in [5, 5.41) is 2.95. The molecule has 26 heavy (non-hydrogen) atoms. The predicted octanol–water partition coefficient (Wildman–Crippen LogP) is 3.27. The van der Waals surface area contributed by atoms with E-state index >= 15 is 0 Å². The van der Waals surface area contributed by atoms with Crippen LogP contribution in [0.25, 0.3) is 0 Å². The fraction of sp³-hybridized carbons (Fsp3) is 0.381. The van der Waals surface area contributed by atoms with Gasteiger partial charge in [-0.15, -0.1) is 0 Å². The Balaban J connectivity index is 1.57. The minimum absolute atomic E-state index is 0.141. The molecule has 0 radical (unpaired) electrons. The summed E-state index contributed by atoms with van der Waals surface area (Å²) in [6.45, 7) is 3.82. The minimum Gasteiger partial charge on any atom is -0.489 e. The van der Waals surface area contributed by atoms with E-state index in [2.05, 4.69) is 5.32 Å². The Morgan fingerprint density at radius 2 is 1.96 bits per heavy atom. The maximum Gasteiger partial charge on any atom is 0.241 e. The van der Waals surface area contributed by atoms with Crippen molar-refractivity contribution < 1.29 is 14.3 Å². The Hall–Kier alpha value is -2.37. The maximum atomic E-state index is 12.5. The molecule has 1 unspecified atom stereocenters. The molecule has 3 rings (SSSR count). The van der Waals surface area contributed by atoms with Crippen molar-refractivity contribution in [1.29, 1.82) is 0 Å². The summed E-state index contributed by atoms with van der Waals surface area (Å²) in [6.07, 6.45) is 1.67. The molecule has 1 saturated heterocycles. The van der Waals surface area contributed by atoms with Crippen LogP contribution < -0.4 is 15.8 Å². The van der Waals surface area contributed by atoms with E-state index in [1.165, 1.54) is 0 Å². The third-order valence-electron chi connectivity index (χ3n) is 4.78. The molecule has 1 amide bonds. The number of nitrogens with two attached hydrogens (primary N) is 1. The molecular weight excluding hydrogens is 328 g/mol. The highest BCUT2D eigenvalue weighted by Crippen LogP contribution is 2.24. The molecule has 5 nitrogen and oxygen atoms in total. The fourth-order valence-electron chi connectivity index (χ4n) is 3.11. The van der Waals surface area contributed by atoms with E-state index < -0.39 is 6.04 Å². The van der Waals surface area contributed by atoms with Gasteiger partial charge in [0.25, 0.3) is 0 Å². The Morgan fingerprint density at radius 3 is 2.65 bits per heavy atom. The molecule has 1 fully saturated rings. The molecule has 0 aliphatic carbocycles. The monoisotopic (exact) mass is 354 g/mol. The van der Waals surface area contributed by atoms with Crippen molar-refractivity contribution in [3.05, 3.63) is 59.7 Å². The molecule has 1 atom stereocenters. The lowest BCUT2D eigenvalue weighted by molar-refractivity contribution is -0.119. The van der Waals surface area contributed by atoms with Crippen molar-refractivity contribution in [1.82, 2.24) is 0 Å². The van der Waals surface area contributed by atoms with Gasteiger partial charge in [-0.2, -0.15) is 0 Å².